The molecule has 0 aliphatic heterocycles. The highest BCUT2D eigenvalue weighted by Crippen LogP contribution is 2.43. The van der Waals surface area contributed by atoms with Gasteiger partial charge in [-0.1, -0.05) is 35.9 Å². The van der Waals surface area contributed by atoms with Gasteiger partial charge in [-0.3, -0.25) is 0 Å². The van der Waals surface area contributed by atoms with Gasteiger partial charge in [0.2, 0.25) is 0 Å². The smallest absolute Gasteiger partial charge is 0.0162 e. The second-order valence-electron chi connectivity index (χ2n) is 7.43. The van der Waals surface area contributed by atoms with Gasteiger partial charge in [-0.05, 0) is 87.5 Å². The quantitative estimate of drug-likeness (QED) is 0.574. The Morgan fingerprint density at radius 2 is 1.33 bits per heavy atom. The summed E-state index contributed by atoms with van der Waals surface area (Å²) in [5.41, 5.74) is 2.96. The Kier molecular flexibility index (Phi) is 4.83. The van der Waals surface area contributed by atoms with Gasteiger partial charge in [0.1, 0.15) is 0 Å². The number of benzene rings is 1. The van der Waals surface area contributed by atoms with Gasteiger partial charge in [-0.2, -0.15) is 0 Å². The molecule has 0 aromatic heterocycles. The summed E-state index contributed by atoms with van der Waals surface area (Å²) in [6.45, 7) is 6.15. The molecule has 1 aromatic rings. The Morgan fingerprint density at radius 3 is 1.86 bits per heavy atom. The molecule has 0 nitrogen and oxygen atoms in total. The molecule has 0 N–H and O–H groups in total. The van der Waals surface area contributed by atoms with E-state index in [-0.39, 0.29) is 0 Å². The zero-order valence-electron chi connectivity index (χ0n) is 13.6. The summed E-state index contributed by atoms with van der Waals surface area (Å²) in [5, 5.41) is 0. The van der Waals surface area contributed by atoms with Gasteiger partial charge < -0.3 is 0 Å². The summed E-state index contributed by atoms with van der Waals surface area (Å²) < 4.78 is 0. The molecule has 2 aliphatic rings. The zero-order chi connectivity index (χ0) is 14.7. The van der Waals surface area contributed by atoms with Crippen LogP contribution < -0.4 is 0 Å². The molecule has 0 amide bonds. The summed E-state index contributed by atoms with van der Waals surface area (Å²) in [6.07, 6.45) is 13.6. The maximum Gasteiger partial charge on any atom is -0.0162 e. The molecule has 1 aromatic carbocycles. The van der Waals surface area contributed by atoms with E-state index in [0.29, 0.717) is 0 Å². The standard InChI is InChI=1S/C21H30/c1-3-17-6-10-19(11-7-17)21-14-12-20(13-15-21)18-8-4-16(2)5-9-18/h3-5,8-9,17,19-21H,1,6-7,10-15H2,2H3. The number of aryl methyl sites for hydroxylation is 1. The Balaban J connectivity index is 1.51. The van der Waals surface area contributed by atoms with Gasteiger partial charge in [0.25, 0.3) is 0 Å². The number of rotatable bonds is 3. The van der Waals surface area contributed by atoms with Crippen LogP contribution in [0.3, 0.4) is 0 Å². The normalized spacial score (nSPS) is 33.6. The van der Waals surface area contributed by atoms with E-state index < -0.39 is 0 Å². The van der Waals surface area contributed by atoms with Crippen LogP contribution in [0.1, 0.15) is 68.4 Å². The first-order valence-corrected chi connectivity index (χ1v) is 8.95. The third-order valence-corrected chi connectivity index (χ3v) is 6.14. The molecule has 0 heterocycles. The Labute approximate surface area is 130 Å². The molecule has 0 heteroatoms. The van der Waals surface area contributed by atoms with Crippen molar-refractivity contribution in [2.45, 2.75) is 64.2 Å². The number of hydrogen-bond donors (Lipinski definition) is 0. The van der Waals surface area contributed by atoms with Crippen molar-refractivity contribution in [1.29, 1.82) is 0 Å². The van der Waals surface area contributed by atoms with Crippen molar-refractivity contribution in [2.75, 3.05) is 0 Å². The summed E-state index contributed by atoms with van der Waals surface area (Å²) in [7, 11) is 0. The lowest BCUT2D eigenvalue weighted by molar-refractivity contribution is 0.171. The van der Waals surface area contributed by atoms with E-state index in [2.05, 4.69) is 43.8 Å². The van der Waals surface area contributed by atoms with Crippen molar-refractivity contribution in [3.8, 4) is 0 Å². The molecule has 114 valence electrons. The van der Waals surface area contributed by atoms with Crippen LogP contribution in [0.25, 0.3) is 0 Å². The monoisotopic (exact) mass is 282 g/mol. The lowest BCUT2D eigenvalue weighted by Gasteiger charge is -2.37. The van der Waals surface area contributed by atoms with Crippen LogP contribution in [0.2, 0.25) is 0 Å². The van der Waals surface area contributed by atoms with Crippen LogP contribution in [0.4, 0.5) is 0 Å². The van der Waals surface area contributed by atoms with Crippen LogP contribution in [-0.4, -0.2) is 0 Å². The predicted octanol–water partition coefficient (Wildman–Crippen LogP) is 6.26. The minimum Gasteiger partial charge on any atom is -0.103 e. The Bertz CT molecular complexity index is 439. The molecule has 0 bridgehead atoms. The predicted molar refractivity (Wildman–Crippen MR) is 91.5 cm³/mol. The van der Waals surface area contributed by atoms with Gasteiger partial charge in [0, 0.05) is 0 Å². The molecular formula is C21H30. The minimum absolute atomic E-state index is 0.810. The molecule has 2 fully saturated rings. The maximum atomic E-state index is 3.97. The van der Waals surface area contributed by atoms with Crippen molar-refractivity contribution in [3.05, 3.63) is 48.0 Å². The lowest BCUT2D eigenvalue weighted by atomic mass is 9.68. The van der Waals surface area contributed by atoms with Crippen molar-refractivity contribution < 1.29 is 0 Å². The van der Waals surface area contributed by atoms with Crippen LogP contribution in [0, 0.1) is 24.7 Å². The molecule has 2 saturated carbocycles. The fourth-order valence-corrected chi connectivity index (χ4v) is 4.61. The molecule has 3 rings (SSSR count). The molecule has 0 atom stereocenters. The summed E-state index contributed by atoms with van der Waals surface area (Å²) in [4.78, 5) is 0. The molecule has 2 aliphatic carbocycles. The first kappa shape index (κ1) is 14.9. The van der Waals surface area contributed by atoms with E-state index in [1.165, 1.54) is 56.9 Å². The average molecular weight is 282 g/mol. The molecule has 0 unspecified atom stereocenters. The fraction of sp³-hybridized carbons (Fsp3) is 0.619. The van der Waals surface area contributed by atoms with Gasteiger partial charge in [0.05, 0.1) is 0 Å². The highest BCUT2D eigenvalue weighted by Gasteiger charge is 2.30. The second-order valence-corrected chi connectivity index (χ2v) is 7.43. The minimum atomic E-state index is 0.810. The van der Waals surface area contributed by atoms with Gasteiger partial charge in [-0.25, -0.2) is 0 Å². The topological polar surface area (TPSA) is 0 Å². The van der Waals surface area contributed by atoms with Crippen molar-refractivity contribution in [2.24, 2.45) is 17.8 Å². The van der Waals surface area contributed by atoms with Crippen LogP contribution in [-0.2, 0) is 0 Å². The first-order chi connectivity index (χ1) is 10.3. The van der Waals surface area contributed by atoms with E-state index in [1.54, 1.807) is 5.56 Å². The molecule has 0 saturated heterocycles. The Hall–Kier alpha value is -1.04. The molecular weight excluding hydrogens is 252 g/mol. The number of allylic oxidation sites excluding steroid dienone is 1. The lowest BCUT2D eigenvalue weighted by Crippen LogP contribution is -2.25. The second kappa shape index (κ2) is 6.81. The third-order valence-electron chi connectivity index (χ3n) is 6.14. The van der Waals surface area contributed by atoms with Crippen LogP contribution in [0.15, 0.2) is 36.9 Å². The first-order valence-electron chi connectivity index (χ1n) is 8.95. The van der Waals surface area contributed by atoms with Crippen molar-refractivity contribution in [3.63, 3.8) is 0 Å². The zero-order valence-corrected chi connectivity index (χ0v) is 13.6. The molecule has 0 spiro atoms. The highest BCUT2D eigenvalue weighted by molar-refractivity contribution is 5.24. The average Bonchev–Trinajstić information content (AvgIpc) is 2.56. The third kappa shape index (κ3) is 3.59. The van der Waals surface area contributed by atoms with E-state index in [1.807, 2.05) is 0 Å². The number of hydrogen-bond acceptors (Lipinski definition) is 0. The van der Waals surface area contributed by atoms with Crippen LogP contribution >= 0.6 is 0 Å². The van der Waals surface area contributed by atoms with Gasteiger partial charge >= 0.3 is 0 Å². The largest absolute Gasteiger partial charge is 0.103 e. The summed E-state index contributed by atoms with van der Waals surface area (Å²) >= 11 is 0. The van der Waals surface area contributed by atoms with Crippen molar-refractivity contribution >= 4 is 0 Å². The van der Waals surface area contributed by atoms with E-state index in [4.69, 9.17) is 0 Å². The highest BCUT2D eigenvalue weighted by atomic mass is 14.4. The fourth-order valence-electron chi connectivity index (χ4n) is 4.61. The van der Waals surface area contributed by atoms with Gasteiger partial charge in [-0.15, -0.1) is 6.58 Å². The van der Waals surface area contributed by atoms with E-state index >= 15 is 0 Å². The summed E-state index contributed by atoms with van der Waals surface area (Å²) in [6, 6.07) is 9.27. The molecule has 21 heavy (non-hydrogen) atoms. The van der Waals surface area contributed by atoms with Crippen molar-refractivity contribution in [1.82, 2.24) is 0 Å². The SMILES string of the molecule is C=CC1CCC(C2CCC(c3ccc(C)cc3)CC2)CC1. The van der Waals surface area contributed by atoms with E-state index in [0.717, 1.165) is 23.7 Å². The van der Waals surface area contributed by atoms with Crippen LogP contribution in [0.5, 0.6) is 0 Å². The Morgan fingerprint density at radius 1 is 0.810 bits per heavy atom. The summed E-state index contributed by atoms with van der Waals surface area (Å²) in [5.74, 6) is 3.66. The van der Waals surface area contributed by atoms with Gasteiger partial charge in [0.15, 0.2) is 0 Å². The molecule has 0 radical (unpaired) electrons. The maximum absolute atomic E-state index is 3.97. The van der Waals surface area contributed by atoms with E-state index in [9.17, 15) is 0 Å².